The van der Waals surface area contributed by atoms with E-state index in [1.54, 1.807) is 6.07 Å². The lowest BCUT2D eigenvalue weighted by Gasteiger charge is -2.35. The van der Waals surface area contributed by atoms with Crippen LogP contribution in [0.5, 0.6) is 5.88 Å². The SMILES string of the molecule is O=C1Nc2ccc(C3=NCCN3)cc2C12CCC(Oc1ncc(Cl)cc1Cl)CC2. The second kappa shape index (κ2) is 7.18. The summed E-state index contributed by atoms with van der Waals surface area (Å²) in [5.41, 5.74) is 2.49. The molecule has 0 saturated heterocycles. The Bertz CT molecular complexity index is 1020. The first-order chi connectivity index (χ1) is 14.0. The average molecular weight is 431 g/mol. The fraction of sp³-hybridized carbons (Fsp3) is 0.381. The smallest absolute Gasteiger partial charge is 0.235 e. The molecule has 3 heterocycles. The molecule has 1 aromatic carbocycles. The first kappa shape index (κ1) is 18.7. The van der Waals surface area contributed by atoms with Crippen LogP contribution in [0.4, 0.5) is 5.69 Å². The van der Waals surface area contributed by atoms with E-state index < -0.39 is 5.41 Å². The monoisotopic (exact) mass is 430 g/mol. The highest BCUT2D eigenvalue weighted by atomic mass is 35.5. The summed E-state index contributed by atoms with van der Waals surface area (Å²) in [7, 11) is 0. The summed E-state index contributed by atoms with van der Waals surface area (Å²) in [5.74, 6) is 1.37. The number of anilines is 1. The maximum absolute atomic E-state index is 13.0. The van der Waals surface area contributed by atoms with E-state index in [2.05, 4.69) is 26.7 Å². The van der Waals surface area contributed by atoms with Crippen LogP contribution in [0.25, 0.3) is 0 Å². The van der Waals surface area contributed by atoms with Crippen LogP contribution in [0.2, 0.25) is 10.0 Å². The highest BCUT2D eigenvalue weighted by Crippen LogP contribution is 2.48. The van der Waals surface area contributed by atoms with E-state index in [1.165, 1.54) is 6.20 Å². The molecule has 1 spiro atoms. The van der Waals surface area contributed by atoms with Crippen LogP contribution < -0.4 is 15.4 Å². The Morgan fingerprint density at radius 1 is 1.17 bits per heavy atom. The third-order valence-corrected chi connectivity index (χ3v) is 6.48. The van der Waals surface area contributed by atoms with Crippen molar-refractivity contribution in [2.24, 2.45) is 4.99 Å². The number of halogens is 2. The van der Waals surface area contributed by atoms with Crippen molar-refractivity contribution in [2.45, 2.75) is 37.2 Å². The van der Waals surface area contributed by atoms with Gasteiger partial charge >= 0.3 is 0 Å². The number of aromatic nitrogens is 1. The molecule has 1 amide bonds. The Balaban J connectivity index is 1.36. The minimum atomic E-state index is -0.512. The maximum atomic E-state index is 13.0. The molecule has 1 saturated carbocycles. The number of ether oxygens (including phenoxy) is 1. The van der Waals surface area contributed by atoms with Crippen LogP contribution in [-0.4, -0.2) is 35.9 Å². The number of rotatable bonds is 3. The lowest BCUT2D eigenvalue weighted by molar-refractivity contribution is -0.122. The second-order valence-corrected chi connectivity index (χ2v) is 8.56. The van der Waals surface area contributed by atoms with Crippen molar-refractivity contribution < 1.29 is 9.53 Å². The molecule has 3 aliphatic rings. The van der Waals surface area contributed by atoms with Crippen LogP contribution >= 0.6 is 23.2 Å². The number of pyridine rings is 1. The average Bonchev–Trinajstić information content (AvgIpc) is 3.33. The van der Waals surface area contributed by atoms with Crippen LogP contribution in [0.1, 0.15) is 36.8 Å². The van der Waals surface area contributed by atoms with Crippen molar-refractivity contribution in [2.75, 3.05) is 18.4 Å². The van der Waals surface area contributed by atoms with Gasteiger partial charge in [0.15, 0.2) is 0 Å². The molecule has 6 nitrogen and oxygen atoms in total. The van der Waals surface area contributed by atoms with Gasteiger partial charge in [0.2, 0.25) is 11.8 Å². The largest absolute Gasteiger partial charge is 0.473 e. The van der Waals surface area contributed by atoms with Gasteiger partial charge in [0.1, 0.15) is 17.0 Å². The number of aliphatic imine (C=N–C) groups is 1. The zero-order valence-electron chi connectivity index (χ0n) is 15.7. The van der Waals surface area contributed by atoms with Crippen LogP contribution in [0.3, 0.4) is 0 Å². The maximum Gasteiger partial charge on any atom is 0.235 e. The predicted molar refractivity (Wildman–Crippen MR) is 113 cm³/mol. The minimum Gasteiger partial charge on any atom is -0.473 e. The number of hydrogen-bond acceptors (Lipinski definition) is 5. The summed E-state index contributed by atoms with van der Waals surface area (Å²) in [6.45, 7) is 1.64. The first-order valence-corrected chi connectivity index (χ1v) is 10.5. The Morgan fingerprint density at radius 2 is 2.00 bits per heavy atom. The summed E-state index contributed by atoms with van der Waals surface area (Å²) >= 11 is 12.1. The molecule has 0 bridgehead atoms. The van der Waals surface area contributed by atoms with Gasteiger partial charge in [0, 0.05) is 24.0 Å². The standard InChI is InChI=1S/C21H20Cl2N4O2/c22-13-10-16(23)19(26-11-13)29-14-3-5-21(6-4-14)15-9-12(18-24-7-8-25-18)1-2-17(15)27-20(21)28/h1-2,9-11,14H,3-8H2,(H,24,25)(H,27,28). The molecule has 0 radical (unpaired) electrons. The minimum absolute atomic E-state index is 0.0345. The summed E-state index contributed by atoms with van der Waals surface area (Å²) < 4.78 is 6.01. The number of nitrogens with one attached hydrogen (secondary N) is 2. The van der Waals surface area contributed by atoms with E-state index in [0.29, 0.717) is 28.8 Å². The van der Waals surface area contributed by atoms with Crippen LogP contribution in [-0.2, 0) is 10.2 Å². The van der Waals surface area contributed by atoms with E-state index in [9.17, 15) is 4.79 Å². The van der Waals surface area contributed by atoms with Crippen molar-refractivity contribution in [1.29, 1.82) is 0 Å². The van der Waals surface area contributed by atoms with E-state index in [4.69, 9.17) is 27.9 Å². The second-order valence-electron chi connectivity index (χ2n) is 7.71. The van der Waals surface area contributed by atoms with Gasteiger partial charge < -0.3 is 15.4 Å². The quantitative estimate of drug-likeness (QED) is 0.772. The van der Waals surface area contributed by atoms with Crippen molar-refractivity contribution in [3.63, 3.8) is 0 Å². The number of amides is 1. The molecule has 2 aliphatic heterocycles. The summed E-state index contributed by atoms with van der Waals surface area (Å²) in [5, 5.41) is 7.25. The number of amidine groups is 1. The molecule has 1 aromatic heterocycles. The van der Waals surface area contributed by atoms with Gasteiger partial charge in [-0.1, -0.05) is 23.2 Å². The number of carbonyl (C=O) groups excluding carboxylic acids is 1. The molecule has 2 N–H and O–H groups in total. The zero-order valence-corrected chi connectivity index (χ0v) is 17.2. The third-order valence-electron chi connectivity index (χ3n) is 6.00. The molecular formula is C21H20Cl2N4O2. The van der Waals surface area contributed by atoms with Gasteiger partial charge in [-0.3, -0.25) is 9.79 Å². The fourth-order valence-corrected chi connectivity index (χ4v) is 4.92. The molecule has 2 aromatic rings. The topological polar surface area (TPSA) is 75.6 Å². The van der Waals surface area contributed by atoms with Gasteiger partial charge in [-0.25, -0.2) is 4.98 Å². The summed E-state index contributed by atoms with van der Waals surface area (Å²) in [4.78, 5) is 21.6. The number of carbonyl (C=O) groups is 1. The molecule has 8 heteroatoms. The van der Waals surface area contributed by atoms with Gasteiger partial charge in [0.05, 0.1) is 17.0 Å². The lowest BCUT2D eigenvalue weighted by atomic mass is 9.69. The van der Waals surface area contributed by atoms with E-state index in [0.717, 1.165) is 48.6 Å². The van der Waals surface area contributed by atoms with Crippen LogP contribution in [0.15, 0.2) is 35.5 Å². The van der Waals surface area contributed by atoms with Crippen molar-refractivity contribution in [3.05, 3.63) is 51.6 Å². The van der Waals surface area contributed by atoms with E-state index in [1.807, 2.05) is 12.1 Å². The number of fused-ring (bicyclic) bond motifs is 2. The molecule has 0 unspecified atom stereocenters. The number of benzene rings is 1. The molecular weight excluding hydrogens is 411 g/mol. The molecule has 0 atom stereocenters. The van der Waals surface area contributed by atoms with Crippen molar-refractivity contribution in [1.82, 2.24) is 10.3 Å². The summed E-state index contributed by atoms with van der Waals surface area (Å²) in [6, 6.07) is 7.74. The first-order valence-electron chi connectivity index (χ1n) is 9.77. The van der Waals surface area contributed by atoms with Gasteiger partial charge in [-0.2, -0.15) is 0 Å². The fourth-order valence-electron chi connectivity index (χ4n) is 4.50. The summed E-state index contributed by atoms with van der Waals surface area (Å²) in [6.07, 6.45) is 4.41. The van der Waals surface area contributed by atoms with Gasteiger partial charge in [-0.15, -0.1) is 0 Å². The Hall–Kier alpha value is -2.31. The van der Waals surface area contributed by atoms with E-state index >= 15 is 0 Å². The molecule has 29 heavy (non-hydrogen) atoms. The number of hydrogen-bond donors (Lipinski definition) is 2. The Morgan fingerprint density at radius 3 is 2.72 bits per heavy atom. The zero-order chi connectivity index (χ0) is 20.0. The van der Waals surface area contributed by atoms with Crippen molar-refractivity contribution >= 4 is 40.6 Å². The van der Waals surface area contributed by atoms with Crippen molar-refractivity contribution in [3.8, 4) is 5.88 Å². The highest BCUT2D eigenvalue weighted by molar-refractivity contribution is 6.35. The van der Waals surface area contributed by atoms with E-state index in [-0.39, 0.29) is 12.0 Å². The van der Waals surface area contributed by atoms with Gasteiger partial charge in [0.25, 0.3) is 0 Å². The Kier molecular flexibility index (Phi) is 4.63. The lowest BCUT2D eigenvalue weighted by Crippen LogP contribution is -2.41. The highest BCUT2D eigenvalue weighted by Gasteiger charge is 2.49. The van der Waals surface area contributed by atoms with Crippen LogP contribution in [0, 0.1) is 0 Å². The Labute approximate surface area is 178 Å². The molecule has 1 fully saturated rings. The molecule has 5 rings (SSSR count). The normalized spacial score (nSPS) is 25.4. The predicted octanol–water partition coefficient (Wildman–Crippen LogP) is 3.95. The molecule has 1 aliphatic carbocycles. The third kappa shape index (κ3) is 3.24. The van der Waals surface area contributed by atoms with Gasteiger partial charge in [-0.05, 0) is 55.5 Å². The molecule has 150 valence electrons. The number of nitrogens with zero attached hydrogens (tertiary/aromatic N) is 2.